The molecule has 16 heavy (non-hydrogen) atoms. The van der Waals surface area contributed by atoms with Crippen LogP contribution in [0.5, 0.6) is 5.75 Å². The van der Waals surface area contributed by atoms with Gasteiger partial charge in [-0.2, -0.15) is 11.8 Å². The molecule has 1 fully saturated rings. The molecule has 0 amide bonds. The van der Waals surface area contributed by atoms with E-state index in [-0.39, 0.29) is 0 Å². The van der Waals surface area contributed by atoms with E-state index in [1.165, 1.54) is 17.9 Å². The molecular weight excluding hydrogens is 242 g/mol. The predicted molar refractivity (Wildman–Crippen MR) is 70.7 cm³/mol. The van der Waals surface area contributed by atoms with Crippen molar-refractivity contribution in [2.24, 2.45) is 0 Å². The molecule has 1 unspecified atom stereocenters. The molecule has 0 aliphatic carbocycles. The molecule has 4 heteroatoms. The van der Waals surface area contributed by atoms with Crippen molar-refractivity contribution in [3.63, 3.8) is 0 Å². The normalized spacial score (nSPS) is 19.9. The van der Waals surface area contributed by atoms with Crippen LogP contribution in [0.1, 0.15) is 6.42 Å². The highest BCUT2D eigenvalue weighted by molar-refractivity contribution is 7.99. The summed E-state index contributed by atoms with van der Waals surface area (Å²) >= 11 is 8.00. The molecule has 0 radical (unpaired) electrons. The fourth-order valence-corrected chi connectivity index (χ4v) is 3.06. The van der Waals surface area contributed by atoms with Crippen LogP contribution in [0.25, 0.3) is 0 Å². The number of benzene rings is 1. The number of ether oxygens (including phenoxy) is 1. The average molecular weight is 258 g/mol. The molecular formula is C12H16ClNOS. The van der Waals surface area contributed by atoms with Crippen LogP contribution < -0.4 is 10.1 Å². The second-order valence-corrected chi connectivity index (χ2v) is 5.35. The van der Waals surface area contributed by atoms with Gasteiger partial charge in [0.1, 0.15) is 12.4 Å². The number of rotatable bonds is 5. The number of para-hydroxylation sites is 1. The van der Waals surface area contributed by atoms with Crippen molar-refractivity contribution in [1.82, 2.24) is 5.32 Å². The van der Waals surface area contributed by atoms with E-state index in [1.54, 1.807) is 0 Å². The Kier molecular flexibility index (Phi) is 4.82. The average Bonchev–Trinajstić information content (AvgIpc) is 2.79. The fourth-order valence-electron chi connectivity index (χ4n) is 1.68. The van der Waals surface area contributed by atoms with Crippen molar-refractivity contribution in [2.45, 2.75) is 12.5 Å². The minimum Gasteiger partial charge on any atom is -0.491 e. The van der Waals surface area contributed by atoms with Crippen molar-refractivity contribution in [3.8, 4) is 5.75 Å². The van der Waals surface area contributed by atoms with Crippen LogP contribution in [-0.4, -0.2) is 30.7 Å². The zero-order valence-electron chi connectivity index (χ0n) is 9.12. The second kappa shape index (κ2) is 6.38. The van der Waals surface area contributed by atoms with Gasteiger partial charge in [-0.15, -0.1) is 0 Å². The van der Waals surface area contributed by atoms with Crippen molar-refractivity contribution < 1.29 is 4.74 Å². The summed E-state index contributed by atoms with van der Waals surface area (Å²) < 4.78 is 5.60. The van der Waals surface area contributed by atoms with E-state index in [4.69, 9.17) is 16.3 Å². The lowest BCUT2D eigenvalue weighted by atomic mass is 10.3. The minimum absolute atomic E-state index is 0.667. The maximum Gasteiger partial charge on any atom is 0.137 e. The fraction of sp³-hybridized carbons (Fsp3) is 0.500. The Balaban J connectivity index is 1.66. The van der Waals surface area contributed by atoms with E-state index in [1.807, 2.05) is 36.0 Å². The van der Waals surface area contributed by atoms with Crippen molar-refractivity contribution in [1.29, 1.82) is 0 Å². The third-order valence-electron chi connectivity index (χ3n) is 2.56. The molecule has 1 aliphatic rings. The van der Waals surface area contributed by atoms with Crippen LogP contribution in [0, 0.1) is 0 Å². The predicted octanol–water partition coefficient (Wildman–Crippen LogP) is 2.81. The van der Waals surface area contributed by atoms with Gasteiger partial charge in [0.05, 0.1) is 5.02 Å². The Morgan fingerprint density at radius 1 is 1.44 bits per heavy atom. The number of thioether (sulfide) groups is 1. The molecule has 1 N–H and O–H groups in total. The molecule has 0 bridgehead atoms. The molecule has 1 aromatic carbocycles. The number of hydrogen-bond acceptors (Lipinski definition) is 3. The van der Waals surface area contributed by atoms with Crippen LogP contribution in [0.3, 0.4) is 0 Å². The van der Waals surface area contributed by atoms with Crippen molar-refractivity contribution in [2.75, 3.05) is 24.7 Å². The summed E-state index contributed by atoms with van der Waals surface area (Å²) in [5.74, 6) is 3.28. The smallest absolute Gasteiger partial charge is 0.137 e. The van der Waals surface area contributed by atoms with Gasteiger partial charge in [-0.3, -0.25) is 0 Å². The Bertz CT molecular complexity index is 329. The molecule has 88 valence electrons. The van der Waals surface area contributed by atoms with Crippen LogP contribution >= 0.6 is 23.4 Å². The number of halogens is 1. The summed E-state index contributed by atoms with van der Waals surface area (Å²) in [5.41, 5.74) is 0. The number of nitrogens with one attached hydrogen (secondary N) is 1. The van der Waals surface area contributed by atoms with Crippen molar-refractivity contribution in [3.05, 3.63) is 29.3 Å². The lowest BCUT2D eigenvalue weighted by Crippen LogP contribution is -2.32. The van der Waals surface area contributed by atoms with E-state index in [9.17, 15) is 0 Å². The van der Waals surface area contributed by atoms with Gasteiger partial charge in [-0.25, -0.2) is 0 Å². The molecule has 0 aromatic heterocycles. The van der Waals surface area contributed by atoms with Crippen LogP contribution in [-0.2, 0) is 0 Å². The summed E-state index contributed by atoms with van der Waals surface area (Å²) in [6, 6.07) is 8.25. The largest absolute Gasteiger partial charge is 0.491 e. The first kappa shape index (κ1) is 12.1. The highest BCUT2D eigenvalue weighted by Gasteiger charge is 2.13. The monoisotopic (exact) mass is 257 g/mol. The highest BCUT2D eigenvalue weighted by atomic mass is 35.5. The van der Waals surface area contributed by atoms with Crippen LogP contribution in [0.4, 0.5) is 0 Å². The summed E-state index contributed by atoms with van der Waals surface area (Å²) in [7, 11) is 0. The van der Waals surface area contributed by atoms with E-state index >= 15 is 0 Å². The third-order valence-corrected chi connectivity index (χ3v) is 4.03. The Morgan fingerprint density at radius 2 is 2.31 bits per heavy atom. The van der Waals surface area contributed by atoms with E-state index in [2.05, 4.69) is 5.32 Å². The first-order chi connectivity index (χ1) is 7.86. The topological polar surface area (TPSA) is 21.3 Å². The molecule has 2 nitrogen and oxygen atoms in total. The quantitative estimate of drug-likeness (QED) is 0.820. The van der Waals surface area contributed by atoms with Crippen molar-refractivity contribution >= 4 is 23.4 Å². The summed E-state index contributed by atoms with van der Waals surface area (Å²) in [5, 5.41) is 4.16. The molecule has 1 atom stereocenters. The lowest BCUT2D eigenvalue weighted by Gasteiger charge is -2.12. The molecule has 1 aliphatic heterocycles. The maximum absolute atomic E-state index is 5.98. The highest BCUT2D eigenvalue weighted by Crippen LogP contribution is 2.22. The van der Waals surface area contributed by atoms with Gasteiger partial charge >= 0.3 is 0 Å². The minimum atomic E-state index is 0.667. The van der Waals surface area contributed by atoms with E-state index in [0.717, 1.165) is 12.3 Å². The molecule has 1 saturated heterocycles. The summed E-state index contributed by atoms with van der Waals surface area (Å²) in [6.45, 7) is 1.56. The van der Waals surface area contributed by atoms with Gasteiger partial charge in [0.25, 0.3) is 0 Å². The molecule has 1 aromatic rings. The first-order valence-electron chi connectivity index (χ1n) is 5.55. The molecule has 0 saturated carbocycles. The van der Waals surface area contributed by atoms with E-state index < -0.39 is 0 Å². The zero-order chi connectivity index (χ0) is 11.2. The van der Waals surface area contributed by atoms with Gasteiger partial charge in [-0.05, 0) is 24.3 Å². The SMILES string of the molecule is Clc1ccccc1OCCNC1CCSC1. The Hall–Kier alpha value is -0.380. The van der Waals surface area contributed by atoms with Gasteiger partial charge < -0.3 is 10.1 Å². The standard InChI is InChI=1S/C12H16ClNOS/c13-11-3-1-2-4-12(11)15-7-6-14-10-5-8-16-9-10/h1-4,10,14H,5-9H2. The van der Waals surface area contributed by atoms with Crippen LogP contribution in [0.15, 0.2) is 24.3 Å². The van der Waals surface area contributed by atoms with Gasteiger partial charge in [0.2, 0.25) is 0 Å². The zero-order valence-corrected chi connectivity index (χ0v) is 10.7. The molecule has 1 heterocycles. The summed E-state index contributed by atoms with van der Waals surface area (Å²) in [4.78, 5) is 0. The molecule has 2 rings (SSSR count). The molecule has 0 spiro atoms. The van der Waals surface area contributed by atoms with Gasteiger partial charge in [0.15, 0.2) is 0 Å². The third kappa shape index (κ3) is 3.58. The second-order valence-electron chi connectivity index (χ2n) is 3.79. The maximum atomic E-state index is 5.98. The van der Waals surface area contributed by atoms with Gasteiger partial charge in [0, 0.05) is 18.3 Å². The number of hydrogen-bond donors (Lipinski definition) is 1. The van der Waals surface area contributed by atoms with E-state index in [0.29, 0.717) is 17.7 Å². The van der Waals surface area contributed by atoms with Crippen LogP contribution in [0.2, 0.25) is 5.02 Å². The Labute approximate surface area is 106 Å². The lowest BCUT2D eigenvalue weighted by molar-refractivity contribution is 0.307. The van der Waals surface area contributed by atoms with Gasteiger partial charge in [-0.1, -0.05) is 23.7 Å². The first-order valence-corrected chi connectivity index (χ1v) is 7.08. The Morgan fingerprint density at radius 3 is 3.06 bits per heavy atom. The summed E-state index contributed by atoms with van der Waals surface area (Å²) in [6.07, 6.45) is 1.27.